The third-order valence-electron chi connectivity index (χ3n) is 4.20. The molecule has 6 nitrogen and oxygen atoms in total. The summed E-state index contributed by atoms with van der Waals surface area (Å²) in [6.07, 6.45) is 7.17. The van der Waals surface area contributed by atoms with E-state index in [4.69, 9.17) is 4.74 Å². The fraction of sp³-hybridized carbons (Fsp3) is 0.444. The molecule has 1 aromatic carbocycles. The average molecular weight is 328 g/mol. The summed E-state index contributed by atoms with van der Waals surface area (Å²) in [4.78, 5) is 14.3. The minimum atomic E-state index is -0.131. The summed E-state index contributed by atoms with van der Waals surface area (Å²) in [5, 5.41) is 7.20. The van der Waals surface area contributed by atoms with Gasteiger partial charge in [-0.15, -0.1) is 0 Å². The van der Waals surface area contributed by atoms with Gasteiger partial charge in [0.05, 0.1) is 24.5 Å². The van der Waals surface area contributed by atoms with Crippen LogP contribution in [0.25, 0.3) is 0 Å². The maximum atomic E-state index is 12.3. The molecule has 1 aromatic heterocycles. The molecule has 3 rings (SSSR count). The molecule has 1 atom stereocenters. The fourth-order valence-electron chi connectivity index (χ4n) is 2.80. The van der Waals surface area contributed by atoms with E-state index < -0.39 is 0 Å². The lowest BCUT2D eigenvalue weighted by Gasteiger charge is -2.22. The van der Waals surface area contributed by atoms with Crippen molar-refractivity contribution < 1.29 is 9.53 Å². The third-order valence-corrected chi connectivity index (χ3v) is 4.20. The van der Waals surface area contributed by atoms with Crippen molar-refractivity contribution in [3.05, 3.63) is 42.2 Å². The average Bonchev–Trinajstić information content (AvgIpc) is 3.02. The van der Waals surface area contributed by atoms with Gasteiger partial charge in [-0.3, -0.25) is 9.48 Å². The zero-order valence-corrected chi connectivity index (χ0v) is 14.2. The molecule has 2 aromatic rings. The van der Waals surface area contributed by atoms with Crippen molar-refractivity contribution in [3.63, 3.8) is 0 Å². The van der Waals surface area contributed by atoms with Crippen LogP contribution in [0.1, 0.15) is 29.6 Å². The predicted octanol–water partition coefficient (Wildman–Crippen LogP) is 2.77. The topological polar surface area (TPSA) is 59.4 Å². The van der Waals surface area contributed by atoms with Crippen LogP contribution in [0.3, 0.4) is 0 Å². The first-order chi connectivity index (χ1) is 11.6. The van der Waals surface area contributed by atoms with Crippen LogP contribution in [0.15, 0.2) is 36.7 Å². The van der Waals surface area contributed by atoms with Gasteiger partial charge < -0.3 is 15.0 Å². The molecule has 1 unspecified atom stereocenters. The highest BCUT2D eigenvalue weighted by atomic mass is 16.5. The van der Waals surface area contributed by atoms with Crippen LogP contribution in [0, 0.1) is 0 Å². The van der Waals surface area contributed by atoms with Gasteiger partial charge in [0, 0.05) is 38.1 Å². The molecule has 6 heteroatoms. The van der Waals surface area contributed by atoms with E-state index >= 15 is 0 Å². The highest BCUT2D eigenvalue weighted by molar-refractivity contribution is 6.04. The van der Waals surface area contributed by atoms with Crippen molar-refractivity contribution in [1.29, 1.82) is 0 Å². The van der Waals surface area contributed by atoms with E-state index in [0.29, 0.717) is 11.3 Å². The Morgan fingerprint density at radius 2 is 2.12 bits per heavy atom. The van der Waals surface area contributed by atoms with Crippen molar-refractivity contribution in [3.8, 4) is 0 Å². The van der Waals surface area contributed by atoms with E-state index in [0.717, 1.165) is 31.7 Å². The molecule has 1 aliphatic heterocycles. The number of carbonyl (C=O) groups is 1. The van der Waals surface area contributed by atoms with Crippen LogP contribution < -0.4 is 10.2 Å². The largest absolute Gasteiger partial charge is 0.378 e. The summed E-state index contributed by atoms with van der Waals surface area (Å²) >= 11 is 0. The Morgan fingerprint density at radius 1 is 1.33 bits per heavy atom. The van der Waals surface area contributed by atoms with E-state index in [2.05, 4.69) is 10.4 Å². The van der Waals surface area contributed by atoms with E-state index in [9.17, 15) is 4.79 Å². The Balaban J connectivity index is 1.58. The van der Waals surface area contributed by atoms with E-state index in [1.807, 2.05) is 54.1 Å². The number of ether oxygens (including phenoxy) is 1. The summed E-state index contributed by atoms with van der Waals surface area (Å²) in [5.41, 5.74) is 2.39. The first-order valence-electron chi connectivity index (χ1n) is 8.34. The van der Waals surface area contributed by atoms with E-state index in [-0.39, 0.29) is 12.0 Å². The monoisotopic (exact) mass is 328 g/mol. The van der Waals surface area contributed by atoms with Gasteiger partial charge in [0.2, 0.25) is 0 Å². The first-order valence-corrected chi connectivity index (χ1v) is 8.34. The maximum absolute atomic E-state index is 12.3. The molecule has 1 aliphatic rings. The molecule has 1 saturated heterocycles. The maximum Gasteiger partial charge on any atom is 0.255 e. The number of carbonyl (C=O) groups excluding carboxylic acids is 1. The second-order valence-corrected chi connectivity index (χ2v) is 6.34. The van der Waals surface area contributed by atoms with Crippen molar-refractivity contribution in [2.75, 3.05) is 30.9 Å². The molecule has 0 radical (unpaired) electrons. The summed E-state index contributed by atoms with van der Waals surface area (Å²) in [6, 6.07) is 7.51. The van der Waals surface area contributed by atoms with Crippen LogP contribution >= 0.6 is 0 Å². The zero-order chi connectivity index (χ0) is 16.9. The van der Waals surface area contributed by atoms with Gasteiger partial charge in [-0.1, -0.05) is 0 Å². The highest BCUT2D eigenvalue weighted by Gasteiger charge is 2.15. The van der Waals surface area contributed by atoms with Crippen molar-refractivity contribution >= 4 is 17.3 Å². The van der Waals surface area contributed by atoms with Gasteiger partial charge in [-0.05, 0) is 43.5 Å². The summed E-state index contributed by atoms with van der Waals surface area (Å²) in [7, 11) is 3.94. The molecule has 1 amide bonds. The Kier molecular flexibility index (Phi) is 5.15. The summed E-state index contributed by atoms with van der Waals surface area (Å²) < 4.78 is 7.55. The standard InChI is InChI=1S/C18H24N4O2/c1-21(2)16-8-6-14(7-9-16)18(23)20-15-11-19-22(12-15)13-17-5-3-4-10-24-17/h6-9,11-12,17H,3-5,10,13H2,1-2H3,(H,20,23). The Hall–Kier alpha value is -2.34. The molecule has 24 heavy (non-hydrogen) atoms. The number of aromatic nitrogens is 2. The lowest BCUT2D eigenvalue weighted by atomic mass is 10.1. The van der Waals surface area contributed by atoms with E-state index in [1.54, 1.807) is 6.20 Å². The molecule has 1 N–H and O–H groups in total. The van der Waals surface area contributed by atoms with Gasteiger partial charge in [-0.25, -0.2) is 0 Å². The van der Waals surface area contributed by atoms with Crippen molar-refractivity contribution in [2.24, 2.45) is 0 Å². The van der Waals surface area contributed by atoms with Crippen LogP contribution in [-0.2, 0) is 11.3 Å². The lowest BCUT2D eigenvalue weighted by Crippen LogP contribution is -2.24. The number of benzene rings is 1. The Labute approximate surface area is 142 Å². The molecule has 1 fully saturated rings. The number of nitrogens with one attached hydrogen (secondary N) is 1. The van der Waals surface area contributed by atoms with Crippen LogP contribution in [0.5, 0.6) is 0 Å². The van der Waals surface area contributed by atoms with E-state index in [1.165, 1.54) is 6.42 Å². The van der Waals surface area contributed by atoms with Crippen LogP contribution in [0.4, 0.5) is 11.4 Å². The minimum Gasteiger partial charge on any atom is -0.378 e. The highest BCUT2D eigenvalue weighted by Crippen LogP contribution is 2.16. The number of rotatable bonds is 5. The molecule has 0 bridgehead atoms. The summed E-state index contributed by atoms with van der Waals surface area (Å²) in [5.74, 6) is -0.131. The second kappa shape index (κ2) is 7.49. The number of anilines is 2. The lowest BCUT2D eigenvalue weighted by molar-refractivity contribution is 0.00401. The molecule has 0 saturated carbocycles. The van der Waals surface area contributed by atoms with Gasteiger partial charge in [0.25, 0.3) is 5.91 Å². The van der Waals surface area contributed by atoms with Crippen molar-refractivity contribution in [2.45, 2.75) is 31.9 Å². The normalized spacial score (nSPS) is 17.5. The number of hydrogen-bond donors (Lipinski definition) is 1. The molecular weight excluding hydrogens is 304 g/mol. The van der Waals surface area contributed by atoms with Gasteiger partial charge in [0.15, 0.2) is 0 Å². The third kappa shape index (κ3) is 4.14. The zero-order valence-electron chi connectivity index (χ0n) is 14.2. The van der Waals surface area contributed by atoms with Crippen molar-refractivity contribution in [1.82, 2.24) is 9.78 Å². The summed E-state index contributed by atoms with van der Waals surface area (Å²) in [6.45, 7) is 1.56. The minimum absolute atomic E-state index is 0.131. The number of amides is 1. The molecule has 2 heterocycles. The molecule has 0 spiro atoms. The van der Waals surface area contributed by atoms with Crippen LogP contribution in [0.2, 0.25) is 0 Å². The van der Waals surface area contributed by atoms with Gasteiger partial charge in [0.1, 0.15) is 0 Å². The predicted molar refractivity (Wildman–Crippen MR) is 94.5 cm³/mol. The molecule has 128 valence electrons. The SMILES string of the molecule is CN(C)c1ccc(C(=O)Nc2cnn(CC3CCCCO3)c2)cc1. The quantitative estimate of drug-likeness (QED) is 0.917. The van der Waals surface area contributed by atoms with Gasteiger partial charge >= 0.3 is 0 Å². The second-order valence-electron chi connectivity index (χ2n) is 6.34. The Morgan fingerprint density at radius 3 is 2.79 bits per heavy atom. The number of nitrogens with zero attached hydrogens (tertiary/aromatic N) is 3. The first kappa shape index (κ1) is 16.5. The molecule has 0 aliphatic carbocycles. The Bertz CT molecular complexity index is 673. The smallest absolute Gasteiger partial charge is 0.255 e. The molecular formula is C18H24N4O2. The number of hydrogen-bond acceptors (Lipinski definition) is 4. The van der Waals surface area contributed by atoms with Crippen LogP contribution in [-0.4, -0.2) is 42.5 Å². The fourth-order valence-corrected chi connectivity index (χ4v) is 2.80. The van der Waals surface area contributed by atoms with Gasteiger partial charge in [-0.2, -0.15) is 5.10 Å².